The summed E-state index contributed by atoms with van der Waals surface area (Å²) in [6.45, 7) is 4.01. The van der Waals surface area contributed by atoms with E-state index in [0.717, 1.165) is 16.3 Å². The van der Waals surface area contributed by atoms with Crippen molar-refractivity contribution in [3.63, 3.8) is 0 Å². The summed E-state index contributed by atoms with van der Waals surface area (Å²) in [5.41, 5.74) is 4.61. The third-order valence-electron chi connectivity index (χ3n) is 3.34. The number of rotatable bonds is 5. The largest absolute Gasteiger partial charge is 0.271 e. The molecule has 21 heavy (non-hydrogen) atoms. The van der Waals surface area contributed by atoms with Crippen molar-refractivity contribution in [3.8, 4) is 0 Å². The van der Waals surface area contributed by atoms with Crippen LogP contribution in [-0.2, 0) is 16.3 Å². The predicted molar refractivity (Wildman–Crippen MR) is 84.9 cm³/mol. The van der Waals surface area contributed by atoms with Crippen LogP contribution in [0.2, 0.25) is 0 Å². The van der Waals surface area contributed by atoms with Crippen LogP contribution in [-0.4, -0.2) is 19.7 Å². The first-order chi connectivity index (χ1) is 9.81. The van der Waals surface area contributed by atoms with Crippen LogP contribution in [0.3, 0.4) is 0 Å². The summed E-state index contributed by atoms with van der Waals surface area (Å²) in [5.74, 6) is 5.63. The lowest BCUT2D eigenvalue weighted by molar-refractivity contribution is 0.548. The van der Waals surface area contributed by atoms with Crippen LogP contribution in [0.4, 0.5) is 0 Å². The second kappa shape index (κ2) is 6.23. The van der Waals surface area contributed by atoms with E-state index in [2.05, 4.69) is 10.4 Å². The molecule has 0 saturated carbocycles. The van der Waals surface area contributed by atoms with E-state index in [4.69, 9.17) is 5.84 Å². The monoisotopic (exact) mass is 325 g/mol. The molecule has 1 unspecified atom stereocenters. The molecule has 0 spiro atoms. The van der Waals surface area contributed by atoms with Crippen molar-refractivity contribution in [1.82, 2.24) is 10.4 Å². The number of nitrogens with two attached hydrogens (primary N) is 1. The van der Waals surface area contributed by atoms with E-state index in [1.54, 1.807) is 29.5 Å². The molecule has 2 aromatic rings. The number of nitrogens with one attached hydrogen (secondary N) is 1. The Hall–Kier alpha value is -1.28. The van der Waals surface area contributed by atoms with Crippen molar-refractivity contribution in [2.24, 2.45) is 5.84 Å². The number of nitrogens with zero attached hydrogens (tertiary/aromatic N) is 1. The van der Waals surface area contributed by atoms with Crippen molar-refractivity contribution in [1.29, 1.82) is 0 Å². The highest BCUT2D eigenvalue weighted by Crippen LogP contribution is 2.24. The fourth-order valence-corrected chi connectivity index (χ4v) is 3.69. The van der Waals surface area contributed by atoms with Crippen molar-refractivity contribution in [2.45, 2.75) is 31.2 Å². The van der Waals surface area contributed by atoms with Gasteiger partial charge in [-0.2, -0.15) is 0 Å². The second-order valence-electron chi connectivity index (χ2n) is 5.02. The van der Waals surface area contributed by atoms with Gasteiger partial charge in [-0.05, 0) is 31.5 Å². The van der Waals surface area contributed by atoms with E-state index in [1.807, 2.05) is 19.9 Å². The average molecular weight is 325 g/mol. The van der Waals surface area contributed by atoms with Crippen molar-refractivity contribution >= 4 is 21.2 Å². The molecule has 1 aromatic heterocycles. The lowest BCUT2D eigenvalue weighted by Gasteiger charge is -2.15. The third-order valence-corrected chi connectivity index (χ3v) is 5.55. The molecule has 3 N–H and O–H groups in total. The first-order valence-electron chi connectivity index (χ1n) is 6.50. The van der Waals surface area contributed by atoms with E-state index < -0.39 is 9.84 Å². The molecule has 1 atom stereocenters. The number of hydrazine groups is 1. The van der Waals surface area contributed by atoms with Crippen LogP contribution in [0.15, 0.2) is 29.2 Å². The zero-order valence-corrected chi connectivity index (χ0v) is 13.9. The van der Waals surface area contributed by atoms with Crippen molar-refractivity contribution < 1.29 is 8.42 Å². The minimum Gasteiger partial charge on any atom is -0.271 e. The lowest BCUT2D eigenvalue weighted by Crippen LogP contribution is -2.29. The van der Waals surface area contributed by atoms with Gasteiger partial charge >= 0.3 is 0 Å². The number of aromatic nitrogens is 1. The summed E-state index contributed by atoms with van der Waals surface area (Å²) in [5, 5.41) is 0.984. The van der Waals surface area contributed by atoms with Gasteiger partial charge in [-0.15, -0.1) is 11.3 Å². The maximum Gasteiger partial charge on any atom is 0.175 e. The van der Waals surface area contributed by atoms with Gasteiger partial charge in [0.2, 0.25) is 0 Å². The van der Waals surface area contributed by atoms with Crippen LogP contribution in [0.1, 0.15) is 27.2 Å². The van der Waals surface area contributed by atoms with Crippen LogP contribution >= 0.6 is 11.3 Å². The van der Waals surface area contributed by atoms with Crippen LogP contribution < -0.4 is 11.3 Å². The molecule has 1 aromatic carbocycles. The van der Waals surface area contributed by atoms with E-state index in [9.17, 15) is 8.42 Å². The van der Waals surface area contributed by atoms with Gasteiger partial charge in [0.15, 0.2) is 9.84 Å². The van der Waals surface area contributed by atoms with Crippen LogP contribution in [0, 0.1) is 13.8 Å². The summed E-state index contributed by atoms with van der Waals surface area (Å²) in [4.78, 5) is 5.98. The Bertz CT molecular complexity index is 719. The second-order valence-corrected chi connectivity index (χ2v) is 8.32. The summed E-state index contributed by atoms with van der Waals surface area (Å²) >= 11 is 1.64. The topological polar surface area (TPSA) is 85.1 Å². The Morgan fingerprint density at radius 1 is 1.38 bits per heavy atom. The van der Waals surface area contributed by atoms with E-state index in [1.165, 1.54) is 11.1 Å². The minimum atomic E-state index is -3.22. The number of sulfone groups is 1. The Morgan fingerprint density at radius 2 is 2.10 bits per heavy atom. The molecule has 114 valence electrons. The molecule has 0 saturated heterocycles. The van der Waals surface area contributed by atoms with Gasteiger partial charge in [-0.1, -0.05) is 12.1 Å². The fourth-order valence-electron chi connectivity index (χ4n) is 2.04. The number of thiazole rings is 1. The molecular formula is C14H19N3O2S2. The lowest BCUT2D eigenvalue weighted by atomic mass is 10.1. The molecule has 0 radical (unpaired) electrons. The van der Waals surface area contributed by atoms with Crippen molar-refractivity contribution in [2.75, 3.05) is 6.26 Å². The van der Waals surface area contributed by atoms with Gasteiger partial charge < -0.3 is 0 Å². The highest BCUT2D eigenvalue weighted by molar-refractivity contribution is 7.90. The fraction of sp³-hybridized carbons (Fsp3) is 0.357. The Labute approximate surface area is 129 Å². The highest BCUT2D eigenvalue weighted by atomic mass is 32.2. The first-order valence-corrected chi connectivity index (χ1v) is 9.21. The maximum absolute atomic E-state index is 11.6. The summed E-state index contributed by atoms with van der Waals surface area (Å²) in [7, 11) is -3.22. The Balaban J connectivity index is 2.29. The van der Waals surface area contributed by atoms with E-state index >= 15 is 0 Å². The maximum atomic E-state index is 11.6. The molecule has 0 aliphatic heterocycles. The van der Waals surface area contributed by atoms with Crippen LogP contribution in [0.5, 0.6) is 0 Å². The summed E-state index contributed by atoms with van der Waals surface area (Å²) < 4.78 is 23.3. The van der Waals surface area contributed by atoms with Gasteiger partial charge in [0.1, 0.15) is 0 Å². The van der Waals surface area contributed by atoms with E-state index in [-0.39, 0.29) is 6.04 Å². The predicted octanol–water partition coefficient (Wildman–Crippen LogP) is 1.91. The van der Waals surface area contributed by atoms with Crippen molar-refractivity contribution in [3.05, 3.63) is 45.4 Å². The summed E-state index contributed by atoms with van der Waals surface area (Å²) in [6.07, 6.45) is 1.83. The molecule has 1 heterocycles. The molecule has 2 rings (SSSR count). The van der Waals surface area contributed by atoms with Gasteiger partial charge in [0.25, 0.3) is 0 Å². The standard InChI is InChI=1S/C14H19N3O2S2/c1-9-10(2)20-14(16-9)8-13(17-15)11-5-4-6-12(7-11)21(3,18)19/h4-7,13,17H,8,15H2,1-3H3. The number of aryl methyl sites for hydroxylation is 2. The molecule has 0 bridgehead atoms. The summed E-state index contributed by atoms with van der Waals surface area (Å²) in [6, 6.07) is 6.68. The van der Waals surface area contributed by atoms with Gasteiger partial charge in [-0.3, -0.25) is 11.3 Å². The Kier molecular flexibility index (Phi) is 4.77. The smallest absolute Gasteiger partial charge is 0.175 e. The van der Waals surface area contributed by atoms with Gasteiger partial charge in [-0.25, -0.2) is 13.4 Å². The number of benzene rings is 1. The normalized spacial score (nSPS) is 13.3. The molecule has 0 fully saturated rings. The van der Waals surface area contributed by atoms with Gasteiger partial charge in [0, 0.05) is 17.6 Å². The van der Waals surface area contributed by atoms with Crippen LogP contribution in [0.25, 0.3) is 0 Å². The third kappa shape index (κ3) is 3.88. The molecular weight excluding hydrogens is 306 g/mol. The Morgan fingerprint density at radius 3 is 2.62 bits per heavy atom. The molecule has 0 amide bonds. The molecule has 7 heteroatoms. The highest BCUT2D eigenvalue weighted by Gasteiger charge is 2.16. The molecule has 0 aliphatic rings. The average Bonchev–Trinajstić information content (AvgIpc) is 2.74. The first kappa shape index (κ1) is 16.1. The zero-order valence-electron chi connectivity index (χ0n) is 12.3. The quantitative estimate of drug-likeness (QED) is 0.648. The zero-order chi connectivity index (χ0) is 15.6. The van der Waals surface area contributed by atoms with Gasteiger partial charge in [0.05, 0.1) is 21.6 Å². The number of hydrogen-bond donors (Lipinski definition) is 2. The molecule has 0 aliphatic carbocycles. The minimum absolute atomic E-state index is 0.170. The number of hydrogen-bond acceptors (Lipinski definition) is 6. The molecule has 5 nitrogen and oxygen atoms in total. The SMILES string of the molecule is Cc1nc(CC(NN)c2cccc(S(C)(=O)=O)c2)sc1C. The van der Waals surface area contributed by atoms with E-state index in [0.29, 0.717) is 11.3 Å².